The van der Waals surface area contributed by atoms with Crippen LogP contribution < -0.4 is 16.4 Å². The number of aryl methyl sites for hydroxylation is 1. The van der Waals surface area contributed by atoms with E-state index in [1.165, 1.54) is 48.1 Å². The highest BCUT2D eigenvalue weighted by molar-refractivity contribution is 6.39. The van der Waals surface area contributed by atoms with Crippen LogP contribution in [0, 0.1) is 6.92 Å². The number of rotatable bonds is 10. The van der Waals surface area contributed by atoms with Gasteiger partial charge in [-0.05, 0) is 61.9 Å². The van der Waals surface area contributed by atoms with E-state index in [4.69, 9.17) is 28.9 Å². The van der Waals surface area contributed by atoms with E-state index in [0.717, 1.165) is 7.05 Å². The number of fused-ring (bicyclic) bond motifs is 1. The van der Waals surface area contributed by atoms with Crippen molar-refractivity contribution in [1.82, 2.24) is 20.0 Å². The van der Waals surface area contributed by atoms with Gasteiger partial charge < -0.3 is 26.4 Å². The Balaban J connectivity index is 1.62. The van der Waals surface area contributed by atoms with Gasteiger partial charge in [-0.15, -0.1) is 0 Å². The summed E-state index contributed by atoms with van der Waals surface area (Å²) < 4.78 is 44.3. The molecule has 0 radical (unpaired) electrons. The Labute approximate surface area is 265 Å². The van der Waals surface area contributed by atoms with Crippen molar-refractivity contribution in [2.24, 2.45) is 5.73 Å². The molecule has 1 unspecified atom stereocenters. The molecule has 0 aliphatic carbocycles. The monoisotopic (exact) mass is 664 g/mol. The second-order valence-electron chi connectivity index (χ2n) is 10.6. The lowest BCUT2D eigenvalue weighted by molar-refractivity contribution is -0.256. The number of alkyl halides is 3. The first-order valence-electron chi connectivity index (χ1n) is 13.4. The molecule has 1 aromatic heterocycles. The molecule has 45 heavy (non-hydrogen) atoms. The van der Waals surface area contributed by atoms with Crippen LogP contribution in [-0.2, 0) is 4.79 Å². The van der Waals surface area contributed by atoms with Gasteiger partial charge in [-0.2, -0.15) is 18.3 Å². The van der Waals surface area contributed by atoms with Crippen molar-refractivity contribution in [2.45, 2.75) is 31.7 Å². The molecule has 3 amide bonds. The van der Waals surface area contributed by atoms with Crippen molar-refractivity contribution in [2.75, 3.05) is 25.5 Å². The highest BCUT2D eigenvalue weighted by atomic mass is 35.5. The Morgan fingerprint density at radius 1 is 1.09 bits per heavy atom. The van der Waals surface area contributed by atoms with Crippen LogP contribution in [0.4, 0.5) is 18.9 Å². The van der Waals surface area contributed by atoms with Crippen LogP contribution in [0.5, 0.6) is 0 Å². The first kappa shape index (κ1) is 33.6. The predicted molar refractivity (Wildman–Crippen MR) is 165 cm³/mol. The number of amides is 3. The maximum atomic E-state index is 14.3. The maximum Gasteiger partial charge on any atom is 0.420 e. The van der Waals surface area contributed by atoms with Gasteiger partial charge in [0.15, 0.2) is 5.60 Å². The number of hydrogen-bond acceptors (Lipinski definition) is 6. The highest BCUT2D eigenvalue weighted by Crippen LogP contribution is 2.34. The number of nitrogens with one attached hydrogen (secondary N) is 2. The van der Waals surface area contributed by atoms with Crippen LogP contribution in [0.15, 0.2) is 60.8 Å². The van der Waals surface area contributed by atoms with E-state index in [-0.39, 0.29) is 26.9 Å². The predicted octanol–water partition coefficient (Wildman–Crippen LogP) is 4.72. The third-order valence-corrected chi connectivity index (χ3v) is 7.71. The largest absolute Gasteiger partial charge is 0.420 e. The van der Waals surface area contributed by atoms with Gasteiger partial charge >= 0.3 is 6.18 Å². The zero-order valence-corrected chi connectivity index (χ0v) is 25.8. The zero-order valence-electron chi connectivity index (χ0n) is 24.2. The first-order valence-corrected chi connectivity index (χ1v) is 14.2. The summed E-state index contributed by atoms with van der Waals surface area (Å²) in [5, 5.41) is 20.8. The molecule has 10 nitrogen and oxygen atoms in total. The molecule has 0 fully saturated rings. The number of carbonyl (C=O) groups is 3. The smallest absolute Gasteiger partial charge is 0.381 e. The summed E-state index contributed by atoms with van der Waals surface area (Å²) in [6, 6.07) is 13.1. The molecule has 0 saturated carbocycles. The highest BCUT2D eigenvalue weighted by Gasteiger charge is 2.54. The number of primary amides is 1. The molecule has 3 aromatic carbocycles. The molecular weight excluding hydrogens is 636 g/mol. The van der Waals surface area contributed by atoms with E-state index in [1.54, 1.807) is 31.2 Å². The minimum Gasteiger partial charge on any atom is -0.381 e. The summed E-state index contributed by atoms with van der Waals surface area (Å²) in [5.41, 5.74) is 3.76. The van der Waals surface area contributed by atoms with E-state index in [9.17, 15) is 32.7 Å². The Hall–Kier alpha value is -4.33. The number of anilines is 1. The van der Waals surface area contributed by atoms with Gasteiger partial charge in [0.2, 0.25) is 5.91 Å². The van der Waals surface area contributed by atoms with Gasteiger partial charge in [-0.3, -0.25) is 14.4 Å². The molecule has 0 spiro atoms. The van der Waals surface area contributed by atoms with Crippen molar-refractivity contribution in [1.29, 1.82) is 0 Å². The Bertz CT molecular complexity index is 1760. The fourth-order valence-electron chi connectivity index (χ4n) is 4.59. The number of likely N-dealkylation sites (N-methyl/N-ethyl adjacent to an activating group) is 1. The number of hydrogen-bond donors (Lipinski definition) is 4. The minimum absolute atomic E-state index is 0.0430. The molecule has 0 aliphatic heterocycles. The van der Waals surface area contributed by atoms with Gasteiger partial charge in [0.25, 0.3) is 11.8 Å². The number of carbonyl (C=O) groups excluding carboxylic acids is 3. The van der Waals surface area contributed by atoms with Crippen molar-refractivity contribution < 1.29 is 32.7 Å². The number of halogens is 5. The van der Waals surface area contributed by atoms with Crippen LogP contribution in [0.1, 0.15) is 33.2 Å². The molecular formula is C30H29Cl2F3N6O4. The van der Waals surface area contributed by atoms with E-state index >= 15 is 0 Å². The van der Waals surface area contributed by atoms with Crippen molar-refractivity contribution >= 4 is 57.5 Å². The van der Waals surface area contributed by atoms with Gasteiger partial charge in [0.1, 0.15) is 6.04 Å². The average molecular weight is 665 g/mol. The second-order valence-corrected chi connectivity index (χ2v) is 11.4. The standard InChI is InChI=1S/C30H29Cl2F3N6O4/c1-16-10-23(37-14-29(45,30(33,34)35)15-40(3)28(44)25-21(31)8-5-9-22(25)32)20-13-38-41(24(20)11-16)19-7-4-6-18(12-19)27(43)39-17(2)26(36)42/h4-13,17,37,45H,14-15H2,1-3H3,(H2,36,42)(H,39,43)/t17-,29?/m1/s1. The summed E-state index contributed by atoms with van der Waals surface area (Å²) in [6.45, 7) is 1.04. The molecule has 0 bridgehead atoms. The maximum absolute atomic E-state index is 14.3. The van der Waals surface area contributed by atoms with E-state index < -0.39 is 48.6 Å². The van der Waals surface area contributed by atoms with E-state index in [0.29, 0.717) is 27.1 Å². The first-order chi connectivity index (χ1) is 21.0. The Kier molecular flexibility index (Phi) is 9.66. The topological polar surface area (TPSA) is 143 Å². The van der Waals surface area contributed by atoms with E-state index in [1.807, 2.05) is 0 Å². The van der Waals surface area contributed by atoms with Crippen LogP contribution >= 0.6 is 23.2 Å². The molecule has 238 valence electrons. The summed E-state index contributed by atoms with van der Waals surface area (Å²) in [4.78, 5) is 37.7. The van der Waals surface area contributed by atoms with Gasteiger partial charge in [0.05, 0.1) is 46.1 Å². The van der Waals surface area contributed by atoms with Crippen molar-refractivity contribution in [3.63, 3.8) is 0 Å². The number of benzene rings is 3. The van der Waals surface area contributed by atoms with Crippen molar-refractivity contribution in [3.8, 4) is 5.69 Å². The molecule has 4 rings (SSSR count). The van der Waals surface area contributed by atoms with Gasteiger partial charge in [-0.1, -0.05) is 35.3 Å². The average Bonchev–Trinajstić information content (AvgIpc) is 3.39. The number of nitrogens with two attached hydrogens (primary N) is 1. The lowest BCUT2D eigenvalue weighted by Gasteiger charge is -2.34. The van der Waals surface area contributed by atoms with Gasteiger partial charge in [0, 0.05) is 23.7 Å². The second kappa shape index (κ2) is 13.0. The third kappa shape index (κ3) is 7.16. The lowest BCUT2D eigenvalue weighted by atomic mass is 10.0. The molecule has 2 atom stereocenters. The molecule has 1 heterocycles. The summed E-state index contributed by atoms with van der Waals surface area (Å²) >= 11 is 12.1. The molecule has 0 saturated heterocycles. The van der Waals surface area contributed by atoms with E-state index in [2.05, 4.69) is 15.7 Å². The lowest BCUT2D eigenvalue weighted by Crippen LogP contribution is -2.58. The Morgan fingerprint density at radius 3 is 2.36 bits per heavy atom. The molecule has 15 heteroatoms. The Morgan fingerprint density at radius 2 is 1.73 bits per heavy atom. The van der Waals surface area contributed by atoms with Crippen LogP contribution in [-0.4, -0.2) is 75.5 Å². The molecule has 4 aromatic rings. The summed E-state index contributed by atoms with van der Waals surface area (Å²) in [7, 11) is 1.11. The molecule has 5 N–H and O–H groups in total. The number of nitrogens with zero attached hydrogens (tertiary/aromatic N) is 3. The fourth-order valence-corrected chi connectivity index (χ4v) is 5.15. The van der Waals surface area contributed by atoms with Crippen LogP contribution in [0.25, 0.3) is 16.6 Å². The third-order valence-electron chi connectivity index (χ3n) is 7.08. The normalized spacial score (nSPS) is 13.6. The van der Waals surface area contributed by atoms with Crippen LogP contribution in [0.2, 0.25) is 10.0 Å². The SMILES string of the molecule is Cc1cc(NCC(O)(CN(C)C(=O)c2c(Cl)cccc2Cl)C(F)(F)F)c2cnn(-c3cccc(C(=O)N[C@H](C)C(N)=O)c3)c2c1. The molecule has 0 aliphatic rings. The van der Waals surface area contributed by atoms with Crippen molar-refractivity contribution in [3.05, 3.63) is 87.5 Å². The fraction of sp³-hybridized carbons (Fsp3) is 0.267. The summed E-state index contributed by atoms with van der Waals surface area (Å²) in [6.07, 6.45) is -3.71. The van der Waals surface area contributed by atoms with Crippen LogP contribution in [0.3, 0.4) is 0 Å². The summed E-state index contributed by atoms with van der Waals surface area (Å²) in [5.74, 6) is -2.13. The van der Waals surface area contributed by atoms with Gasteiger partial charge in [-0.25, -0.2) is 4.68 Å². The quantitative estimate of drug-likeness (QED) is 0.193. The zero-order chi connectivity index (χ0) is 33.3. The number of aliphatic hydroxyl groups is 1. The minimum atomic E-state index is -5.14. The number of aromatic nitrogens is 2.